The van der Waals surface area contributed by atoms with E-state index in [2.05, 4.69) is 20.9 Å². The fourth-order valence-electron chi connectivity index (χ4n) is 1.87. The third-order valence-corrected chi connectivity index (χ3v) is 3.39. The summed E-state index contributed by atoms with van der Waals surface area (Å²) in [6.45, 7) is 0. The standard InChI is InChI=1S/C17H12BrNO/c18-14-6-10-16(11-7-14)20-15-8-4-13(5-9-15)17-3-1-2-12-19-17/h1-12H. The molecule has 20 heavy (non-hydrogen) atoms. The molecule has 0 amide bonds. The molecule has 0 saturated heterocycles. The van der Waals surface area contributed by atoms with E-state index in [-0.39, 0.29) is 0 Å². The van der Waals surface area contributed by atoms with Crippen molar-refractivity contribution in [2.75, 3.05) is 0 Å². The molecule has 0 radical (unpaired) electrons. The van der Waals surface area contributed by atoms with Gasteiger partial charge in [0.15, 0.2) is 0 Å². The summed E-state index contributed by atoms with van der Waals surface area (Å²) in [5, 5.41) is 0. The summed E-state index contributed by atoms with van der Waals surface area (Å²) in [5.74, 6) is 1.63. The molecular formula is C17H12BrNO. The maximum Gasteiger partial charge on any atom is 0.127 e. The van der Waals surface area contributed by atoms with E-state index in [4.69, 9.17) is 4.74 Å². The van der Waals surface area contributed by atoms with Crippen LogP contribution in [-0.2, 0) is 0 Å². The molecule has 98 valence electrons. The van der Waals surface area contributed by atoms with Crippen LogP contribution in [0.3, 0.4) is 0 Å². The van der Waals surface area contributed by atoms with Crippen molar-refractivity contribution in [2.24, 2.45) is 0 Å². The molecule has 0 aliphatic carbocycles. The molecule has 0 aliphatic heterocycles. The molecular weight excluding hydrogens is 314 g/mol. The van der Waals surface area contributed by atoms with Crippen LogP contribution in [0.15, 0.2) is 77.4 Å². The molecule has 3 heteroatoms. The molecule has 2 aromatic carbocycles. The minimum atomic E-state index is 0.812. The van der Waals surface area contributed by atoms with Gasteiger partial charge in [-0.05, 0) is 60.7 Å². The van der Waals surface area contributed by atoms with Crippen molar-refractivity contribution in [3.63, 3.8) is 0 Å². The number of aromatic nitrogens is 1. The van der Waals surface area contributed by atoms with Crippen LogP contribution in [0.1, 0.15) is 0 Å². The van der Waals surface area contributed by atoms with E-state index in [0.717, 1.165) is 27.2 Å². The lowest BCUT2D eigenvalue weighted by atomic mass is 10.1. The normalized spacial score (nSPS) is 10.2. The average molecular weight is 326 g/mol. The highest BCUT2D eigenvalue weighted by molar-refractivity contribution is 9.10. The molecule has 0 fully saturated rings. The lowest BCUT2D eigenvalue weighted by Crippen LogP contribution is -1.85. The summed E-state index contributed by atoms with van der Waals surface area (Å²) >= 11 is 3.40. The van der Waals surface area contributed by atoms with Crippen molar-refractivity contribution in [3.8, 4) is 22.8 Å². The molecule has 3 aromatic rings. The second-order valence-corrected chi connectivity index (χ2v) is 5.21. The minimum Gasteiger partial charge on any atom is -0.457 e. The van der Waals surface area contributed by atoms with Crippen molar-refractivity contribution in [3.05, 3.63) is 77.4 Å². The Morgan fingerprint density at radius 1 is 0.750 bits per heavy atom. The van der Waals surface area contributed by atoms with E-state index in [1.165, 1.54) is 0 Å². The van der Waals surface area contributed by atoms with Crippen LogP contribution >= 0.6 is 15.9 Å². The first kappa shape index (κ1) is 12.9. The zero-order chi connectivity index (χ0) is 13.8. The van der Waals surface area contributed by atoms with Gasteiger partial charge in [-0.2, -0.15) is 0 Å². The highest BCUT2D eigenvalue weighted by Gasteiger charge is 2.00. The molecule has 0 bridgehead atoms. The Bertz CT molecular complexity index is 678. The zero-order valence-electron chi connectivity index (χ0n) is 10.7. The summed E-state index contributed by atoms with van der Waals surface area (Å²) < 4.78 is 6.82. The minimum absolute atomic E-state index is 0.812. The van der Waals surface area contributed by atoms with Crippen LogP contribution in [-0.4, -0.2) is 4.98 Å². The van der Waals surface area contributed by atoms with Gasteiger partial charge in [-0.25, -0.2) is 0 Å². The lowest BCUT2D eigenvalue weighted by molar-refractivity contribution is 0.482. The Hall–Kier alpha value is -2.13. The molecule has 0 unspecified atom stereocenters. The first-order chi connectivity index (χ1) is 9.81. The molecule has 0 saturated carbocycles. The Kier molecular flexibility index (Phi) is 3.79. The van der Waals surface area contributed by atoms with Crippen molar-refractivity contribution in [1.82, 2.24) is 4.98 Å². The van der Waals surface area contributed by atoms with Crippen molar-refractivity contribution in [1.29, 1.82) is 0 Å². The number of benzene rings is 2. The van der Waals surface area contributed by atoms with Crippen LogP contribution in [0.4, 0.5) is 0 Å². The maximum absolute atomic E-state index is 5.78. The van der Waals surface area contributed by atoms with Gasteiger partial charge in [-0.3, -0.25) is 4.98 Å². The Balaban J connectivity index is 1.78. The predicted molar refractivity (Wildman–Crippen MR) is 83.9 cm³/mol. The molecule has 0 aliphatic rings. The van der Waals surface area contributed by atoms with E-state index >= 15 is 0 Å². The first-order valence-electron chi connectivity index (χ1n) is 6.26. The number of ether oxygens (including phenoxy) is 1. The van der Waals surface area contributed by atoms with Gasteiger partial charge in [0.1, 0.15) is 11.5 Å². The van der Waals surface area contributed by atoms with Gasteiger partial charge in [-0.15, -0.1) is 0 Å². The topological polar surface area (TPSA) is 22.1 Å². The second kappa shape index (κ2) is 5.88. The molecule has 0 spiro atoms. The van der Waals surface area contributed by atoms with Crippen LogP contribution in [0.5, 0.6) is 11.5 Å². The van der Waals surface area contributed by atoms with Gasteiger partial charge < -0.3 is 4.74 Å². The summed E-state index contributed by atoms with van der Waals surface area (Å²) in [4.78, 5) is 4.33. The van der Waals surface area contributed by atoms with Gasteiger partial charge in [0, 0.05) is 16.2 Å². The van der Waals surface area contributed by atoms with E-state index in [0.29, 0.717) is 0 Å². The van der Waals surface area contributed by atoms with Crippen LogP contribution in [0, 0.1) is 0 Å². The largest absolute Gasteiger partial charge is 0.457 e. The number of nitrogens with zero attached hydrogens (tertiary/aromatic N) is 1. The number of hydrogen-bond acceptors (Lipinski definition) is 2. The molecule has 1 aromatic heterocycles. The van der Waals surface area contributed by atoms with Crippen molar-refractivity contribution < 1.29 is 4.74 Å². The summed E-state index contributed by atoms with van der Waals surface area (Å²) in [6.07, 6.45) is 1.79. The molecule has 2 nitrogen and oxygen atoms in total. The number of hydrogen-bond donors (Lipinski definition) is 0. The van der Waals surface area contributed by atoms with Crippen LogP contribution in [0.25, 0.3) is 11.3 Å². The smallest absolute Gasteiger partial charge is 0.127 e. The van der Waals surface area contributed by atoms with Gasteiger partial charge in [0.25, 0.3) is 0 Å². The highest BCUT2D eigenvalue weighted by Crippen LogP contribution is 2.25. The number of rotatable bonds is 3. The van der Waals surface area contributed by atoms with Crippen LogP contribution in [0.2, 0.25) is 0 Å². The summed E-state index contributed by atoms with van der Waals surface area (Å²) in [5.41, 5.74) is 2.04. The molecule has 0 N–H and O–H groups in total. The van der Waals surface area contributed by atoms with E-state index in [9.17, 15) is 0 Å². The number of pyridine rings is 1. The van der Waals surface area contributed by atoms with Crippen LogP contribution < -0.4 is 4.74 Å². The van der Waals surface area contributed by atoms with Crippen molar-refractivity contribution in [2.45, 2.75) is 0 Å². The first-order valence-corrected chi connectivity index (χ1v) is 7.05. The quantitative estimate of drug-likeness (QED) is 0.651. The SMILES string of the molecule is Brc1ccc(Oc2ccc(-c3ccccn3)cc2)cc1. The lowest BCUT2D eigenvalue weighted by Gasteiger charge is -2.06. The Morgan fingerprint density at radius 2 is 1.40 bits per heavy atom. The fraction of sp³-hybridized carbons (Fsp3) is 0. The third-order valence-electron chi connectivity index (χ3n) is 2.86. The molecule has 1 heterocycles. The Labute approximate surface area is 126 Å². The molecule has 3 rings (SSSR count). The van der Waals surface area contributed by atoms with E-state index in [1.54, 1.807) is 6.20 Å². The van der Waals surface area contributed by atoms with E-state index in [1.807, 2.05) is 66.7 Å². The van der Waals surface area contributed by atoms with Gasteiger partial charge in [0.05, 0.1) is 5.69 Å². The predicted octanol–water partition coefficient (Wildman–Crippen LogP) is 5.30. The average Bonchev–Trinajstić information content (AvgIpc) is 2.51. The highest BCUT2D eigenvalue weighted by atomic mass is 79.9. The Morgan fingerprint density at radius 3 is 2.00 bits per heavy atom. The number of halogens is 1. The van der Waals surface area contributed by atoms with E-state index < -0.39 is 0 Å². The monoisotopic (exact) mass is 325 g/mol. The second-order valence-electron chi connectivity index (χ2n) is 4.30. The third kappa shape index (κ3) is 3.06. The maximum atomic E-state index is 5.78. The van der Waals surface area contributed by atoms with Gasteiger partial charge >= 0.3 is 0 Å². The van der Waals surface area contributed by atoms with Crippen molar-refractivity contribution >= 4 is 15.9 Å². The fourth-order valence-corrected chi connectivity index (χ4v) is 2.13. The summed E-state index contributed by atoms with van der Waals surface area (Å²) in [6, 6.07) is 21.6. The summed E-state index contributed by atoms with van der Waals surface area (Å²) in [7, 11) is 0. The van der Waals surface area contributed by atoms with Gasteiger partial charge in [-0.1, -0.05) is 22.0 Å². The molecule has 0 atom stereocenters. The van der Waals surface area contributed by atoms with Gasteiger partial charge in [0.2, 0.25) is 0 Å². The zero-order valence-corrected chi connectivity index (χ0v) is 12.2.